The van der Waals surface area contributed by atoms with Crippen LogP contribution in [0.15, 0.2) is 60.3 Å². The fourth-order valence-electron chi connectivity index (χ4n) is 1.48. The number of aromatic nitrogens is 1. The number of anilines is 1. The number of para-hydroxylation sites is 1. The van der Waals surface area contributed by atoms with Gasteiger partial charge in [0.05, 0.1) is 5.69 Å². The number of nitrogens with one attached hydrogen (secondary N) is 1. The minimum Gasteiger partial charge on any atom is -0.321 e. The van der Waals surface area contributed by atoms with E-state index in [0.29, 0.717) is 11.4 Å². The number of rotatable bonds is 3. The Kier molecular flexibility index (Phi) is 4.04. The van der Waals surface area contributed by atoms with Gasteiger partial charge in [0.2, 0.25) is 0 Å². The highest BCUT2D eigenvalue weighted by molar-refractivity contribution is 6.09. The zero-order valence-corrected chi connectivity index (χ0v) is 10.1. The fourth-order valence-corrected chi connectivity index (χ4v) is 1.48. The van der Waals surface area contributed by atoms with Crippen molar-refractivity contribution < 1.29 is 4.79 Å². The predicted octanol–water partition coefficient (Wildman–Crippen LogP) is 2.63. The van der Waals surface area contributed by atoms with E-state index in [1.807, 2.05) is 24.3 Å². The van der Waals surface area contributed by atoms with Gasteiger partial charge in [-0.1, -0.05) is 24.3 Å². The third kappa shape index (κ3) is 3.51. The van der Waals surface area contributed by atoms with E-state index in [-0.39, 0.29) is 5.57 Å². The molecule has 0 saturated carbocycles. The zero-order chi connectivity index (χ0) is 13.5. The standard InChI is InChI=1S/C15H11N3O/c16-11-12(10-14-8-4-5-9-17-14)15(19)18-13-6-2-1-3-7-13/h1-10H,(H,18,19)/b12-10-. The van der Waals surface area contributed by atoms with Crippen LogP contribution in [0.5, 0.6) is 0 Å². The molecule has 1 aromatic heterocycles. The van der Waals surface area contributed by atoms with Gasteiger partial charge in [-0.25, -0.2) is 0 Å². The minimum absolute atomic E-state index is 0.0163. The monoisotopic (exact) mass is 249 g/mol. The molecule has 0 aliphatic heterocycles. The lowest BCUT2D eigenvalue weighted by atomic mass is 10.2. The molecule has 0 aliphatic rings. The van der Waals surface area contributed by atoms with Crippen LogP contribution in [0, 0.1) is 11.3 Å². The second-order valence-electron chi connectivity index (χ2n) is 3.74. The molecular weight excluding hydrogens is 238 g/mol. The smallest absolute Gasteiger partial charge is 0.266 e. The molecule has 1 amide bonds. The Hall–Kier alpha value is -2.93. The van der Waals surface area contributed by atoms with Crippen LogP contribution in [-0.2, 0) is 4.79 Å². The third-order valence-corrected chi connectivity index (χ3v) is 2.38. The van der Waals surface area contributed by atoms with Crippen LogP contribution in [0.3, 0.4) is 0 Å². The van der Waals surface area contributed by atoms with E-state index in [0.717, 1.165) is 0 Å². The van der Waals surface area contributed by atoms with Gasteiger partial charge in [0, 0.05) is 11.9 Å². The Bertz CT molecular complexity index is 627. The SMILES string of the molecule is N#C/C(=C/c1ccccn1)C(=O)Nc1ccccc1. The van der Waals surface area contributed by atoms with Crippen molar-refractivity contribution in [1.29, 1.82) is 5.26 Å². The average molecular weight is 249 g/mol. The Morgan fingerprint density at radius 3 is 2.53 bits per heavy atom. The van der Waals surface area contributed by atoms with Crippen molar-refractivity contribution in [2.24, 2.45) is 0 Å². The lowest BCUT2D eigenvalue weighted by Gasteiger charge is -2.03. The molecule has 1 heterocycles. The summed E-state index contributed by atoms with van der Waals surface area (Å²) < 4.78 is 0. The molecule has 4 heteroatoms. The fraction of sp³-hybridized carbons (Fsp3) is 0. The first-order valence-electron chi connectivity index (χ1n) is 5.69. The predicted molar refractivity (Wildman–Crippen MR) is 72.9 cm³/mol. The second kappa shape index (κ2) is 6.12. The third-order valence-electron chi connectivity index (χ3n) is 2.38. The number of pyridine rings is 1. The Labute approximate surface area is 111 Å². The van der Waals surface area contributed by atoms with Crippen LogP contribution >= 0.6 is 0 Å². The van der Waals surface area contributed by atoms with E-state index in [9.17, 15) is 4.79 Å². The normalized spacial score (nSPS) is 10.6. The summed E-state index contributed by atoms with van der Waals surface area (Å²) >= 11 is 0. The topological polar surface area (TPSA) is 65.8 Å². The van der Waals surface area contributed by atoms with Gasteiger partial charge >= 0.3 is 0 Å². The molecule has 0 atom stereocenters. The molecule has 0 saturated heterocycles. The van der Waals surface area contributed by atoms with Gasteiger partial charge in [-0.2, -0.15) is 5.26 Å². The van der Waals surface area contributed by atoms with E-state index < -0.39 is 5.91 Å². The molecule has 92 valence electrons. The van der Waals surface area contributed by atoms with Crippen molar-refractivity contribution in [3.63, 3.8) is 0 Å². The lowest BCUT2D eigenvalue weighted by molar-refractivity contribution is -0.112. The Balaban J connectivity index is 2.17. The van der Waals surface area contributed by atoms with Crippen molar-refractivity contribution in [2.75, 3.05) is 5.32 Å². The van der Waals surface area contributed by atoms with Gasteiger partial charge in [-0.15, -0.1) is 0 Å². The van der Waals surface area contributed by atoms with Gasteiger partial charge in [-0.3, -0.25) is 9.78 Å². The van der Waals surface area contributed by atoms with Crippen LogP contribution in [0.4, 0.5) is 5.69 Å². The summed E-state index contributed by atoms with van der Waals surface area (Å²) in [5, 5.41) is 11.7. The highest BCUT2D eigenvalue weighted by Crippen LogP contribution is 2.09. The van der Waals surface area contributed by atoms with E-state index in [1.165, 1.54) is 6.08 Å². The minimum atomic E-state index is -0.445. The summed E-state index contributed by atoms with van der Waals surface area (Å²) in [5.74, 6) is -0.445. The van der Waals surface area contributed by atoms with Crippen molar-refractivity contribution >= 4 is 17.7 Å². The first-order valence-corrected chi connectivity index (χ1v) is 5.69. The second-order valence-corrected chi connectivity index (χ2v) is 3.74. The summed E-state index contributed by atoms with van der Waals surface area (Å²) in [7, 11) is 0. The van der Waals surface area contributed by atoms with Gasteiger partial charge in [0.15, 0.2) is 0 Å². The number of nitriles is 1. The molecule has 4 nitrogen and oxygen atoms in total. The highest BCUT2D eigenvalue weighted by atomic mass is 16.1. The molecule has 0 bridgehead atoms. The number of amides is 1. The van der Waals surface area contributed by atoms with Crippen LogP contribution in [-0.4, -0.2) is 10.9 Å². The molecule has 1 aromatic carbocycles. The Morgan fingerprint density at radius 1 is 1.16 bits per heavy atom. The quantitative estimate of drug-likeness (QED) is 0.671. The summed E-state index contributed by atoms with van der Waals surface area (Å²) in [6, 6.07) is 16.2. The maximum atomic E-state index is 11.9. The van der Waals surface area contributed by atoms with E-state index in [1.54, 1.807) is 36.5 Å². The number of benzene rings is 1. The van der Waals surface area contributed by atoms with Crippen molar-refractivity contribution in [3.05, 3.63) is 66.0 Å². The van der Waals surface area contributed by atoms with Gasteiger partial charge < -0.3 is 5.32 Å². The van der Waals surface area contributed by atoms with E-state index in [2.05, 4.69) is 10.3 Å². The lowest BCUT2D eigenvalue weighted by Crippen LogP contribution is -2.13. The van der Waals surface area contributed by atoms with Gasteiger partial charge in [-0.05, 0) is 30.3 Å². The number of carbonyl (C=O) groups is 1. The van der Waals surface area contributed by atoms with Crippen LogP contribution in [0.2, 0.25) is 0 Å². The first kappa shape index (κ1) is 12.5. The van der Waals surface area contributed by atoms with Crippen LogP contribution in [0.25, 0.3) is 6.08 Å². The molecule has 0 spiro atoms. The molecule has 19 heavy (non-hydrogen) atoms. The highest BCUT2D eigenvalue weighted by Gasteiger charge is 2.09. The maximum absolute atomic E-state index is 11.9. The number of hydrogen-bond donors (Lipinski definition) is 1. The van der Waals surface area contributed by atoms with Crippen molar-refractivity contribution in [2.45, 2.75) is 0 Å². The first-order chi connectivity index (χ1) is 9.29. The molecule has 2 rings (SSSR count). The largest absolute Gasteiger partial charge is 0.321 e. The Morgan fingerprint density at radius 2 is 1.89 bits per heavy atom. The van der Waals surface area contributed by atoms with Crippen LogP contribution in [0.1, 0.15) is 5.69 Å². The summed E-state index contributed by atoms with van der Waals surface area (Å²) in [6.07, 6.45) is 3.06. The molecule has 1 N–H and O–H groups in total. The van der Waals surface area contributed by atoms with E-state index >= 15 is 0 Å². The maximum Gasteiger partial charge on any atom is 0.266 e. The van der Waals surface area contributed by atoms with Crippen molar-refractivity contribution in [1.82, 2.24) is 4.98 Å². The number of hydrogen-bond acceptors (Lipinski definition) is 3. The van der Waals surface area contributed by atoms with Crippen LogP contribution < -0.4 is 5.32 Å². The molecule has 0 aliphatic carbocycles. The summed E-state index contributed by atoms with van der Waals surface area (Å²) in [5.41, 5.74) is 1.24. The molecular formula is C15H11N3O. The van der Waals surface area contributed by atoms with Gasteiger partial charge in [0.25, 0.3) is 5.91 Å². The summed E-state index contributed by atoms with van der Waals surface area (Å²) in [6.45, 7) is 0. The molecule has 0 radical (unpaired) electrons. The zero-order valence-electron chi connectivity index (χ0n) is 10.1. The molecule has 2 aromatic rings. The number of carbonyl (C=O) groups excluding carboxylic acids is 1. The molecule has 0 fully saturated rings. The number of nitrogens with zero attached hydrogens (tertiary/aromatic N) is 2. The van der Waals surface area contributed by atoms with E-state index in [4.69, 9.17) is 5.26 Å². The average Bonchev–Trinajstić information content (AvgIpc) is 2.47. The molecule has 0 unspecified atom stereocenters. The van der Waals surface area contributed by atoms with Crippen molar-refractivity contribution in [3.8, 4) is 6.07 Å². The summed E-state index contributed by atoms with van der Waals surface area (Å²) in [4.78, 5) is 16.0. The van der Waals surface area contributed by atoms with Gasteiger partial charge in [0.1, 0.15) is 11.6 Å².